The van der Waals surface area contributed by atoms with Gasteiger partial charge in [0.25, 0.3) is 0 Å². The molecular formula is C11H18N2S. The van der Waals surface area contributed by atoms with Crippen LogP contribution in [-0.4, -0.2) is 31.1 Å². The molecule has 0 amide bonds. The smallest absolute Gasteiger partial charge is 0.0245 e. The summed E-state index contributed by atoms with van der Waals surface area (Å²) >= 11 is 1.85. The van der Waals surface area contributed by atoms with Crippen molar-refractivity contribution in [3.8, 4) is 0 Å². The molecule has 1 saturated heterocycles. The standard InChI is InChI=1S/C11H18N2S/c1-9-10(4-6-14-9)7-13-5-3-11(8-13)12-2/h4,6,11-12H,3,5,7-8H2,1-2H3. The summed E-state index contributed by atoms with van der Waals surface area (Å²) in [6, 6.07) is 2.96. The van der Waals surface area contributed by atoms with E-state index in [9.17, 15) is 0 Å². The van der Waals surface area contributed by atoms with E-state index in [1.165, 1.54) is 30.0 Å². The van der Waals surface area contributed by atoms with E-state index in [-0.39, 0.29) is 0 Å². The second-order valence-electron chi connectivity index (χ2n) is 4.01. The quantitative estimate of drug-likeness (QED) is 0.819. The maximum Gasteiger partial charge on any atom is 0.0245 e. The highest BCUT2D eigenvalue weighted by Crippen LogP contribution is 2.19. The molecule has 1 unspecified atom stereocenters. The van der Waals surface area contributed by atoms with E-state index in [1.54, 1.807) is 0 Å². The predicted octanol–water partition coefficient (Wildman–Crippen LogP) is 1.85. The van der Waals surface area contributed by atoms with E-state index in [2.05, 4.69) is 35.6 Å². The zero-order valence-corrected chi connectivity index (χ0v) is 9.73. The van der Waals surface area contributed by atoms with Crippen LogP contribution < -0.4 is 5.32 Å². The Morgan fingerprint density at radius 2 is 2.50 bits per heavy atom. The number of nitrogens with one attached hydrogen (secondary N) is 1. The molecule has 2 nitrogen and oxygen atoms in total. The van der Waals surface area contributed by atoms with Gasteiger partial charge < -0.3 is 5.32 Å². The van der Waals surface area contributed by atoms with Crippen LogP contribution in [0.3, 0.4) is 0 Å². The van der Waals surface area contributed by atoms with Crippen LogP contribution in [0.1, 0.15) is 16.9 Å². The van der Waals surface area contributed by atoms with Gasteiger partial charge >= 0.3 is 0 Å². The Labute approximate surface area is 89.9 Å². The summed E-state index contributed by atoms with van der Waals surface area (Å²) in [6.07, 6.45) is 1.29. The summed E-state index contributed by atoms with van der Waals surface area (Å²) in [5.41, 5.74) is 1.51. The number of nitrogens with zero attached hydrogens (tertiary/aromatic N) is 1. The summed E-state index contributed by atoms with van der Waals surface area (Å²) in [5.74, 6) is 0. The average Bonchev–Trinajstić information content (AvgIpc) is 2.77. The third-order valence-electron chi connectivity index (χ3n) is 3.04. The number of hydrogen-bond acceptors (Lipinski definition) is 3. The molecular weight excluding hydrogens is 192 g/mol. The monoisotopic (exact) mass is 210 g/mol. The molecule has 0 bridgehead atoms. The molecule has 1 aromatic rings. The summed E-state index contributed by atoms with van der Waals surface area (Å²) in [7, 11) is 2.06. The van der Waals surface area contributed by atoms with Crippen molar-refractivity contribution in [2.45, 2.75) is 25.9 Å². The molecule has 14 heavy (non-hydrogen) atoms. The zero-order valence-electron chi connectivity index (χ0n) is 8.92. The maximum absolute atomic E-state index is 3.35. The molecule has 3 heteroatoms. The molecule has 1 atom stereocenters. The van der Waals surface area contributed by atoms with Crippen molar-refractivity contribution in [2.24, 2.45) is 0 Å². The lowest BCUT2D eigenvalue weighted by molar-refractivity contribution is 0.322. The fourth-order valence-electron chi connectivity index (χ4n) is 2.03. The van der Waals surface area contributed by atoms with E-state index in [1.807, 2.05) is 11.3 Å². The number of likely N-dealkylation sites (tertiary alicyclic amines) is 1. The highest BCUT2D eigenvalue weighted by Gasteiger charge is 2.21. The summed E-state index contributed by atoms with van der Waals surface area (Å²) in [5, 5.41) is 5.54. The van der Waals surface area contributed by atoms with E-state index in [0.29, 0.717) is 6.04 Å². The third-order valence-corrected chi connectivity index (χ3v) is 3.93. The molecule has 0 radical (unpaired) electrons. The molecule has 0 aromatic carbocycles. The summed E-state index contributed by atoms with van der Waals surface area (Å²) < 4.78 is 0. The van der Waals surface area contributed by atoms with Gasteiger partial charge in [0.15, 0.2) is 0 Å². The minimum atomic E-state index is 0.703. The first-order valence-corrected chi connectivity index (χ1v) is 6.10. The van der Waals surface area contributed by atoms with Gasteiger partial charge in [-0.2, -0.15) is 0 Å². The zero-order chi connectivity index (χ0) is 9.97. The topological polar surface area (TPSA) is 15.3 Å². The molecule has 78 valence electrons. The van der Waals surface area contributed by atoms with Gasteiger partial charge in [-0.1, -0.05) is 0 Å². The van der Waals surface area contributed by atoms with Gasteiger partial charge in [0.05, 0.1) is 0 Å². The van der Waals surface area contributed by atoms with Crippen LogP contribution in [0.15, 0.2) is 11.4 Å². The summed E-state index contributed by atoms with van der Waals surface area (Å²) in [4.78, 5) is 4.01. The number of likely N-dealkylation sites (N-methyl/N-ethyl adjacent to an activating group) is 1. The highest BCUT2D eigenvalue weighted by molar-refractivity contribution is 7.10. The molecule has 1 aromatic heterocycles. The molecule has 1 aliphatic heterocycles. The van der Waals surface area contributed by atoms with Crippen LogP contribution in [0.25, 0.3) is 0 Å². The van der Waals surface area contributed by atoms with Crippen LogP contribution in [0.4, 0.5) is 0 Å². The minimum absolute atomic E-state index is 0.703. The second kappa shape index (κ2) is 4.43. The van der Waals surface area contributed by atoms with Crippen molar-refractivity contribution in [2.75, 3.05) is 20.1 Å². The molecule has 2 heterocycles. The Morgan fingerprint density at radius 3 is 3.07 bits per heavy atom. The molecule has 1 aliphatic rings. The Balaban J connectivity index is 1.90. The van der Waals surface area contributed by atoms with Gasteiger partial charge in [-0.15, -0.1) is 11.3 Å². The summed E-state index contributed by atoms with van der Waals surface area (Å²) in [6.45, 7) is 5.78. The van der Waals surface area contributed by atoms with Crippen molar-refractivity contribution in [1.82, 2.24) is 10.2 Å². The van der Waals surface area contributed by atoms with Gasteiger partial charge in [-0.25, -0.2) is 0 Å². The highest BCUT2D eigenvalue weighted by atomic mass is 32.1. The average molecular weight is 210 g/mol. The predicted molar refractivity (Wildman–Crippen MR) is 61.8 cm³/mol. The lowest BCUT2D eigenvalue weighted by atomic mass is 10.2. The molecule has 1 N–H and O–H groups in total. The Bertz CT molecular complexity index is 295. The maximum atomic E-state index is 3.35. The molecule has 0 saturated carbocycles. The van der Waals surface area contributed by atoms with Gasteiger partial charge in [0, 0.05) is 30.6 Å². The lowest BCUT2D eigenvalue weighted by Crippen LogP contribution is -2.29. The first kappa shape index (κ1) is 10.1. The third kappa shape index (κ3) is 2.16. The van der Waals surface area contributed by atoms with Gasteiger partial charge in [0.2, 0.25) is 0 Å². The second-order valence-corrected chi connectivity index (χ2v) is 5.13. The van der Waals surface area contributed by atoms with E-state index in [4.69, 9.17) is 0 Å². The largest absolute Gasteiger partial charge is 0.316 e. The Kier molecular flexibility index (Phi) is 3.21. The van der Waals surface area contributed by atoms with Crippen molar-refractivity contribution < 1.29 is 0 Å². The fraction of sp³-hybridized carbons (Fsp3) is 0.636. The number of thiophene rings is 1. The van der Waals surface area contributed by atoms with E-state index >= 15 is 0 Å². The van der Waals surface area contributed by atoms with Gasteiger partial charge in [0.1, 0.15) is 0 Å². The normalized spacial score (nSPS) is 23.1. The van der Waals surface area contributed by atoms with Crippen LogP contribution in [0.2, 0.25) is 0 Å². The van der Waals surface area contributed by atoms with Crippen molar-refractivity contribution in [1.29, 1.82) is 0 Å². The fourth-order valence-corrected chi connectivity index (χ4v) is 2.75. The molecule has 0 spiro atoms. The van der Waals surface area contributed by atoms with E-state index in [0.717, 1.165) is 6.54 Å². The lowest BCUT2D eigenvalue weighted by Gasteiger charge is -2.15. The SMILES string of the molecule is CNC1CCN(Cc2ccsc2C)C1. The van der Waals surface area contributed by atoms with Gasteiger partial charge in [-0.05, 0) is 37.4 Å². The first-order chi connectivity index (χ1) is 6.79. The van der Waals surface area contributed by atoms with Crippen molar-refractivity contribution in [3.05, 3.63) is 21.9 Å². The van der Waals surface area contributed by atoms with E-state index < -0.39 is 0 Å². The van der Waals surface area contributed by atoms with Crippen molar-refractivity contribution in [3.63, 3.8) is 0 Å². The Morgan fingerprint density at radius 1 is 1.64 bits per heavy atom. The number of hydrogen-bond donors (Lipinski definition) is 1. The van der Waals surface area contributed by atoms with Crippen LogP contribution in [0.5, 0.6) is 0 Å². The Hall–Kier alpha value is -0.380. The van der Waals surface area contributed by atoms with Crippen LogP contribution in [0, 0.1) is 6.92 Å². The molecule has 1 fully saturated rings. The molecule has 2 rings (SSSR count). The molecule has 0 aliphatic carbocycles. The van der Waals surface area contributed by atoms with Crippen LogP contribution in [-0.2, 0) is 6.54 Å². The number of rotatable bonds is 3. The number of aryl methyl sites for hydroxylation is 1. The van der Waals surface area contributed by atoms with Crippen LogP contribution >= 0.6 is 11.3 Å². The minimum Gasteiger partial charge on any atom is -0.316 e. The first-order valence-electron chi connectivity index (χ1n) is 5.22. The van der Waals surface area contributed by atoms with Crippen molar-refractivity contribution >= 4 is 11.3 Å². The van der Waals surface area contributed by atoms with Gasteiger partial charge in [-0.3, -0.25) is 4.90 Å².